The average molecular weight is 535 g/mol. The Balaban J connectivity index is 0.000000449. The maximum Gasteiger partial charge on any atom is 0.251 e. The van der Waals surface area contributed by atoms with E-state index in [0.29, 0.717) is 36.1 Å². The van der Waals surface area contributed by atoms with Crippen molar-refractivity contribution >= 4 is 33.6 Å². The van der Waals surface area contributed by atoms with Gasteiger partial charge in [0.1, 0.15) is 11.6 Å². The quantitative estimate of drug-likeness (QED) is 0.510. The summed E-state index contributed by atoms with van der Waals surface area (Å²) in [6.45, 7) is 14.9. The minimum Gasteiger partial charge on any atom is -0.384 e. The molecule has 3 rings (SSSR count). The molecule has 1 aliphatic rings. The zero-order valence-electron chi connectivity index (χ0n) is 23.6. The van der Waals surface area contributed by atoms with Crippen LogP contribution in [0.4, 0.5) is 15.9 Å². The van der Waals surface area contributed by atoms with E-state index in [-0.39, 0.29) is 28.4 Å². The first-order valence-electron chi connectivity index (χ1n) is 12.5. The molecule has 0 saturated carbocycles. The number of amides is 2. The van der Waals surface area contributed by atoms with Crippen LogP contribution in [0.15, 0.2) is 30.3 Å². The molecule has 1 aromatic carbocycles. The van der Waals surface area contributed by atoms with Crippen LogP contribution in [-0.2, 0) is 15.4 Å². The average Bonchev–Trinajstić information content (AvgIpc) is 2.79. The van der Waals surface area contributed by atoms with Crippen molar-refractivity contribution in [2.75, 3.05) is 36.3 Å². The van der Waals surface area contributed by atoms with Crippen LogP contribution in [0.3, 0.4) is 0 Å². The van der Waals surface area contributed by atoms with Gasteiger partial charge in [-0.15, -0.1) is 10.3 Å². The highest BCUT2D eigenvalue weighted by Gasteiger charge is 2.31. The Bertz CT molecular complexity index is 1120. The third kappa shape index (κ3) is 7.92. The highest BCUT2D eigenvalue weighted by Crippen LogP contribution is 2.53. The molecule has 2 atom stereocenters. The molecule has 206 valence electrons. The van der Waals surface area contributed by atoms with Crippen LogP contribution in [0.5, 0.6) is 0 Å². The van der Waals surface area contributed by atoms with Crippen molar-refractivity contribution in [3.63, 3.8) is 0 Å². The minimum atomic E-state index is -1.19. The number of benzene rings is 1. The molecule has 1 unspecified atom stereocenters. The van der Waals surface area contributed by atoms with Crippen molar-refractivity contribution in [3.05, 3.63) is 53.0 Å². The third-order valence-electron chi connectivity index (χ3n) is 7.00. The molecule has 7 nitrogen and oxygen atoms in total. The molecule has 1 aliphatic heterocycles. The summed E-state index contributed by atoms with van der Waals surface area (Å²) >= 11 is 0. The predicted octanol–water partition coefficient (Wildman–Crippen LogP) is 5.26. The molecule has 37 heavy (non-hydrogen) atoms. The van der Waals surface area contributed by atoms with E-state index in [2.05, 4.69) is 57.4 Å². The fourth-order valence-electron chi connectivity index (χ4n) is 3.83. The molecule has 2 amide bonds. The molecule has 2 heterocycles. The lowest BCUT2D eigenvalue weighted by atomic mass is 9.87. The molecule has 0 bridgehead atoms. The first-order valence-corrected chi connectivity index (χ1v) is 14.9. The minimum absolute atomic E-state index is 0.0404. The van der Waals surface area contributed by atoms with Crippen LogP contribution >= 0.6 is 10.3 Å². The Labute approximate surface area is 222 Å². The molecular weight excluding hydrogens is 491 g/mol. The monoisotopic (exact) mass is 534 g/mol. The molecule has 2 aromatic rings. The van der Waals surface area contributed by atoms with Gasteiger partial charge in [0.25, 0.3) is 5.91 Å². The Morgan fingerprint density at radius 2 is 1.86 bits per heavy atom. The summed E-state index contributed by atoms with van der Waals surface area (Å²) in [4.78, 5) is 30.2. The van der Waals surface area contributed by atoms with E-state index < -0.39 is 10.3 Å². The van der Waals surface area contributed by atoms with E-state index in [9.17, 15) is 14.0 Å². The summed E-state index contributed by atoms with van der Waals surface area (Å²) in [6, 6.07) is 8.53. The molecular formula is C28H43FN4O3S. The number of aromatic nitrogens is 1. The number of nitrogens with zero attached hydrogens (tertiary/aromatic N) is 2. The fourth-order valence-corrected chi connectivity index (χ4v) is 4.68. The number of nitrogens with one attached hydrogen (secondary N) is 1. The number of aryl methyl sites for hydroxylation is 1. The number of nitrogens with two attached hydrogens (primary N) is 1. The SMILES string of the molecule is CC(=O)N1c2ccc(C(=O)NCCOS(C)(C)C(C)(C)C)cc2CC(C)[C@@H]1C.Cc1nc(N)ccc1F. The Kier molecular flexibility index (Phi) is 10.1. The number of carbonyl (C=O) groups excluding carboxylic acids is 2. The molecule has 0 fully saturated rings. The maximum absolute atomic E-state index is 12.6. The van der Waals surface area contributed by atoms with Gasteiger partial charge in [-0.05, 0) is 74.6 Å². The van der Waals surface area contributed by atoms with Gasteiger partial charge in [-0.3, -0.25) is 9.59 Å². The molecule has 0 spiro atoms. The van der Waals surface area contributed by atoms with Crippen LogP contribution < -0.4 is 16.0 Å². The van der Waals surface area contributed by atoms with Crippen LogP contribution in [0.1, 0.15) is 63.2 Å². The summed E-state index contributed by atoms with van der Waals surface area (Å²) in [5.41, 5.74) is 8.21. The number of halogens is 1. The molecule has 0 radical (unpaired) electrons. The van der Waals surface area contributed by atoms with Gasteiger partial charge in [0.15, 0.2) is 0 Å². The van der Waals surface area contributed by atoms with E-state index in [1.807, 2.05) is 17.0 Å². The predicted molar refractivity (Wildman–Crippen MR) is 153 cm³/mol. The Morgan fingerprint density at radius 3 is 2.41 bits per heavy atom. The lowest BCUT2D eigenvalue weighted by Gasteiger charge is -2.43. The summed E-state index contributed by atoms with van der Waals surface area (Å²) in [7, 11) is -1.19. The molecule has 9 heteroatoms. The van der Waals surface area contributed by atoms with E-state index >= 15 is 0 Å². The number of carbonyl (C=O) groups is 2. The van der Waals surface area contributed by atoms with Crippen LogP contribution in [0.2, 0.25) is 0 Å². The normalized spacial score (nSPS) is 17.8. The fraction of sp³-hybridized carbons (Fsp3) is 0.536. The highest BCUT2D eigenvalue weighted by atomic mass is 32.3. The van der Waals surface area contributed by atoms with E-state index in [0.717, 1.165) is 17.7 Å². The summed E-state index contributed by atoms with van der Waals surface area (Å²) in [5.74, 6) is 0.332. The largest absolute Gasteiger partial charge is 0.384 e. The van der Waals surface area contributed by atoms with Crippen molar-refractivity contribution in [1.82, 2.24) is 10.3 Å². The van der Waals surface area contributed by atoms with Gasteiger partial charge in [0.2, 0.25) is 5.91 Å². The van der Waals surface area contributed by atoms with Crippen molar-refractivity contribution < 1.29 is 18.2 Å². The van der Waals surface area contributed by atoms with E-state index in [1.165, 1.54) is 12.1 Å². The summed E-state index contributed by atoms with van der Waals surface area (Å²) in [6.07, 6.45) is 5.18. The zero-order chi connectivity index (χ0) is 28.1. The lowest BCUT2D eigenvalue weighted by molar-refractivity contribution is -0.117. The van der Waals surface area contributed by atoms with Gasteiger partial charge in [0, 0.05) is 35.5 Å². The number of pyridine rings is 1. The Morgan fingerprint density at radius 1 is 1.22 bits per heavy atom. The Hall–Kier alpha value is -2.65. The first kappa shape index (κ1) is 30.6. The zero-order valence-corrected chi connectivity index (χ0v) is 24.5. The van der Waals surface area contributed by atoms with Crippen molar-refractivity contribution in [3.8, 4) is 0 Å². The van der Waals surface area contributed by atoms with Crippen LogP contribution in [0.25, 0.3) is 0 Å². The number of anilines is 2. The second-order valence-corrected chi connectivity index (χ2v) is 14.8. The van der Waals surface area contributed by atoms with Gasteiger partial charge < -0.3 is 20.1 Å². The van der Waals surface area contributed by atoms with Crippen molar-refractivity contribution in [2.45, 2.75) is 65.7 Å². The number of hydrogen-bond acceptors (Lipinski definition) is 5. The topological polar surface area (TPSA) is 97.5 Å². The van der Waals surface area contributed by atoms with Gasteiger partial charge in [-0.25, -0.2) is 9.37 Å². The number of fused-ring (bicyclic) bond motifs is 1. The number of rotatable bonds is 5. The molecule has 0 aliphatic carbocycles. The third-order valence-corrected chi connectivity index (χ3v) is 10.7. The summed E-state index contributed by atoms with van der Waals surface area (Å²) in [5, 5.41) is 2.95. The first-order chi connectivity index (χ1) is 17.0. The molecule has 3 N–H and O–H groups in total. The molecule has 1 aromatic heterocycles. The van der Waals surface area contributed by atoms with Gasteiger partial charge >= 0.3 is 0 Å². The van der Waals surface area contributed by atoms with Crippen molar-refractivity contribution in [2.24, 2.45) is 5.92 Å². The molecule has 0 saturated heterocycles. The van der Waals surface area contributed by atoms with E-state index in [4.69, 9.17) is 9.92 Å². The number of hydrogen-bond donors (Lipinski definition) is 2. The second-order valence-electron chi connectivity index (χ2n) is 10.9. The summed E-state index contributed by atoms with van der Waals surface area (Å²) < 4.78 is 18.5. The van der Waals surface area contributed by atoms with Gasteiger partial charge in [0.05, 0.1) is 12.3 Å². The van der Waals surface area contributed by atoms with Crippen molar-refractivity contribution in [1.29, 1.82) is 0 Å². The number of nitrogen functional groups attached to an aromatic ring is 1. The van der Waals surface area contributed by atoms with Crippen LogP contribution in [0, 0.1) is 18.7 Å². The maximum atomic E-state index is 12.6. The van der Waals surface area contributed by atoms with E-state index in [1.54, 1.807) is 19.9 Å². The van der Waals surface area contributed by atoms with Gasteiger partial charge in [-0.2, -0.15) is 0 Å². The standard InChI is InChI=1S/C22H36N2O3S.C6H7FN2/c1-15-13-19-14-18(9-10-20(19)24(16(15)2)17(3)25)21(26)23-11-12-27-28(7,8)22(4,5)6;1-4-5(7)2-3-6(8)9-4/h9-10,14-16H,11-13H2,1-8H3,(H,23,26);2-3H,1H3,(H2,8,9)/t15?,16-;/m0./s1. The smallest absolute Gasteiger partial charge is 0.251 e. The van der Waals surface area contributed by atoms with Gasteiger partial charge in [-0.1, -0.05) is 27.7 Å². The van der Waals surface area contributed by atoms with Crippen LogP contribution in [-0.4, -0.2) is 53.3 Å². The second kappa shape index (κ2) is 12.3. The lowest BCUT2D eigenvalue weighted by Crippen LogP contribution is -2.45. The highest BCUT2D eigenvalue weighted by molar-refractivity contribution is 8.29.